The third kappa shape index (κ3) is 3.98. The minimum atomic E-state index is 0.867. The highest BCUT2D eigenvalue weighted by molar-refractivity contribution is 5.23. The van der Waals surface area contributed by atoms with E-state index in [2.05, 4.69) is 25.4 Å². The molecule has 0 radical (unpaired) electrons. The van der Waals surface area contributed by atoms with E-state index in [-0.39, 0.29) is 0 Å². The van der Waals surface area contributed by atoms with Gasteiger partial charge in [-0.15, -0.1) is 0 Å². The van der Waals surface area contributed by atoms with Crippen LogP contribution in [0.5, 0.6) is 0 Å². The first-order valence-corrected chi connectivity index (χ1v) is 3.22. The van der Waals surface area contributed by atoms with Crippen molar-refractivity contribution >= 4 is 0 Å². The van der Waals surface area contributed by atoms with Crippen LogP contribution in [0.1, 0.15) is 13.8 Å². The Kier molecular flexibility index (Phi) is 4.06. The van der Waals surface area contributed by atoms with Crippen LogP contribution < -0.4 is 5.32 Å². The lowest BCUT2D eigenvalue weighted by Gasteiger charge is -2.03. The minimum absolute atomic E-state index is 0.867. The van der Waals surface area contributed by atoms with E-state index in [9.17, 15) is 0 Å². The van der Waals surface area contributed by atoms with Crippen LogP contribution >= 0.6 is 0 Å². The molecule has 1 heteroatoms. The van der Waals surface area contributed by atoms with Crippen LogP contribution in [0, 0.1) is 0 Å². The first kappa shape index (κ1) is 8.44. The van der Waals surface area contributed by atoms with Crippen molar-refractivity contribution in [3.63, 3.8) is 0 Å². The van der Waals surface area contributed by atoms with Crippen molar-refractivity contribution in [1.82, 2.24) is 5.32 Å². The van der Waals surface area contributed by atoms with Gasteiger partial charge in [-0.2, -0.15) is 0 Å². The van der Waals surface area contributed by atoms with Crippen molar-refractivity contribution in [1.29, 1.82) is 0 Å². The average molecular weight is 125 g/mol. The predicted octanol–water partition coefficient (Wildman–Crippen LogP) is 1.73. The summed E-state index contributed by atoms with van der Waals surface area (Å²) in [4.78, 5) is 0. The molecule has 0 aromatic heterocycles. The molecule has 1 N–H and O–H groups in total. The van der Waals surface area contributed by atoms with Gasteiger partial charge in [-0.05, 0) is 19.0 Å². The highest BCUT2D eigenvalue weighted by Crippen LogP contribution is 1.99. The van der Waals surface area contributed by atoms with E-state index in [0.717, 1.165) is 24.2 Å². The Morgan fingerprint density at radius 1 is 1.44 bits per heavy atom. The molecular formula is C8H15N. The van der Waals surface area contributed by atoms with Gasteiger partial charge in [-0.25, -0.2) is 0 Å². The maximum atomic E-state index is 3.83. The molecule has 52 valence electrons. The zero-order valence-corrected chi connectivity index (χ0v) is 6.33. The summed E-state index contributed by atoms with van der Waals surface area (Å²) in [6, 6.07) is 0. The fourth-order valence-corrected chi connectivity index (χ4v) is 0.427. The summed E-state index contributed by atoms with van der Waals surface area (Å²) in [6.07, 6.45) is 0. The standard InChI is InChI=1S/C8H15N/c1-5-9-6-8(4)7(2)3/h9H,2,4-6H2,1,3H3. The van der Waals surface area contributed by atoms with Gasteiger partial charge in [0.1, 0.15) is 0 Å². The first-order chi connectivity index (χ1) is 4.18. The normalized spacial score (nSPS) is 9.11. The van der Waals surface area contributed by atoms with Crippen molar-refractivity contribution in [2.24, 2.45) is 0 Å². The number of hydrogen-bond donors (Lipinski definition) is 1. The molecule has 9 heavy (non-hydrogen) atoms. The van der Waals surface area contributed by atoms with Gasteiger partial charge in [0, 0.05) is 6.54 Å². The summed E-state index contributed by atoms with van der Waals surface area (Å²) < 4.78 is 0. The van der Waals surface area contributed by atoms with Gasteiger partial charge in [0.25, 0.3) is 0 Å². The van der Waals surface area contributed by atoms with Crippen LogP contribution in [-0.4, -0.2) is 13.1 Å². The van der Waals surface area contributed by atoms with Crippen LogP contribution in [0.25, 0.3) is 0 Å². The van der Waals surface area contributed by atoms with E-state index in [1.54, 1.807) is 0 Å². The zero-order chi connectivity index (χ0) is 7.28. The molecule has 0 aliphatic heterocycles. The number of rotatable bonds is 4. The molecule has 0 amide bonds. The second-order valence-corrected chi connectivity index (χ2v) is 2.16. The molecule has 0 aromatic rings. The summed E-state index contributed by atoms with van der Waals surface area (Å²) in [5.74, 6) is 0. The topological polar surface area (TPSA) is 12.0 Å². The molecule has 0 fully saturated rings. The van der Waals surface area contributed by atoms with Crippen LogP contribution in [0.3, 0.4) is 0 Å². The summed E-state index contributed by atoms with van der Waals surface area (Å²) in [7, 11) is 0. The van der Waals surface area contributed by atoms with Gasteiger partial charge in [-0.1, -0.05) is 25.7 Å². The largest absolute Gasteiger partial charge is 0.313 e. The second-order valence-electron chi connectivity index (χ2n) is 2.16. The maximum Gasteiger partial charge on any atom is 0.0201 e. The average Bonchev–Trinajstić information content (AvgIpc) is 1.82. The summed E-state index contributed by atoms with van der Waals surface area (Å²) >= 11 is 0. The summed E-state index contributed by atoms with van der Waals surface area (Å²) in [6.45, 7) is 13.5. The van der Waals surface area contributed by atoms with E-state index in [1.807, 2.05) is 6.92 Å². The lowest BCUT2D eigenvalue weighted by Crippen LogP contribution is -2.15. The second kappa shape index (κ2) is 4.33. The Balaban J connectivity index is 3.39. The molecule has 0 aliphatic carbocycles. The van der Waals surface area contributed by atoms with Gasteiger partial charge in [0.05, 0.1) is 0 Å². The molecule has 0 atom stereocenters. The maximum absolute atomic E-state index is 3.83. The Bertz CT molecular complexity index is 114. The van der Waals surface area contributed by atoms with Gasteiger partial charge >= 0.3 is 0 Å². The van der Waals surface area contributed by atoms with Gasteiger partial charge in [-0.3, -0.25) is 0 Å². The minimum Gasteiger partial charge on any atom is -0.313 e. The Morgan fingerprint density at radius 3 is 2.33 bits per heavy atom. The fraction of sp³-hybridized carbons (Fsp3) is 0.500. The molecule has 0 spiro atoms. The van der Waals surface area contributed by atoms with E-state index in [4.69, 9.17) is 0 Å². The number of nitrogens with one attached hydrogen (secondary N) is 1. The number of likely N-dealkylation sites (N-methyl/N-ethyl adjacent to an activating group) is 1. The van der Waals surface area contributed by atoms with Crippen molar-refractivity contribution in [3.05, 3.63) is 24.3 Å². The molecule has 0 rings (SSSR count). The molecule has 0 aromatic carbocycles. The molecule has 0 unspecified atom stereocenters. The lowest BCUT2D eigenvalue weighted by molar-refractivity contribution is 0.781. The zero-order valence-electron chi connectivity index (χ0n) is 6.33. The predicted molar refractivity (Wildman–Crippen MR) is 42.5 cm³/mol. The molecule has 0 heterocycles. The highest BCUT2D eigenvalue weighted by Gasteiger charge is 1.90. The van der Waals surface area contributed by atoms with E-state index >= 15 is 0 Å². The van der Waals surface area contributed by atoms with Crippen molar-refractivity contribution < 1.29 is 0 Å². The quantitative estimate of drug-likeness (QED) is 0.564. The van der Waals surface area contributed by atoms with Crippen LogP contribution in [0.15, 0.2) is 24.3 Å². The van der Waals surface area contributed by atoms with Gasteiger partial charge in [0.15, 0.2) is 0 Å². The van der Waals surface area contributed by atoms with Crippen LogP contribution in [0.2, 0.25) is 0 Å². The van der Waals surface area contributed by atoms with Crippen molar-refractivity contribution in [2.45, 2.75) is 13.8 Å². The van der Waals surface area contributed by atoms with E-state index < -0.39 is 0 Å². The van der Waals surface area contributed by atoms with E-state index in [1.165, 1.54) is 0 Å². The number of hydrogen-bond acceptors (Lipinski definition) is 1. The molecular weight excluding hydrogens is 110 g/mol. The van der Waals surface area contributed by atoms with Crippen LogP contribution in [0.4, 0.5) is 0 Å². The molecule has 0 aliphatic rings. The highest BCUT2D eigenvalue weighted by atomic mass is 14.8. The van der Waals surface area contributed by atoms with Crippen molar-refractivity contribution in [3.8, 4) is 0 Å². The Hall–Kier alpha value is -0.560. The monoisotopic (exact) mass is 125 g/mol. The van der Waals surface area contributed by atoms with Crippen LogP contribution in [-0.2, 0) is 0 Å². The fourth-order valence-electron chi connectivity index (χ4n) is 0.427. The SMILES string of the molecule is C=C(C)C(=C)CNCC. The summed E-state index contributed by atoms with van der Waals surface area (Å²) in [5, 5.41) is 3.17. The molecule has 0 bridgehead atoms. The Labute approximate surface area is 57.5 Å². The smallest absolute Gasteiger partial charge is 0.0201 e. The lowest BCUT2D eigenvalue weighted by atomic mass is 10.1. The van der Waals surface area contributed by atoms with E-state index in [0.29, 0.717) is 0 Å². The third-order valence-corrected chi connectivity index (χ3v) is 1.19. The van der Waals surface area contributed by atoms with Crippen molar-refractivity contribution in [2.75, 3.05) is 13.1 Å². The molecule has 1 nitrogen and oxygen atoms in total. The summed E-state index contributed by atoms with van der Waals surface area (Å²) in [5.41, 5.74) is 2.16. The van der Waals surface area contributed by atoms with Gasteiger partial charge in [0.2, 0.25) is 0 Å². The molecule has 0 saturated carbocycles. The van der Waals surface area contributed by atoms with Gasteiger partial charge < -0.3 is 5.32 Å². The Morgan fingerprint density at radius 2 is 2.00 bits per heavy atom. The third-order valence-electron chi connectivity index (χ3n) is 1.19. The molecule has 0 saturated heterocycles. The first-order valence-electron chi connectivity index (χ1n) is 3.22.